The third kappa shape index (κ3) is 5.50. The van der Waals surface area contributed by atoms with Gasteiger partial charge in [-0.05, 0) is 37.1 Å². The maximum Gasteiger partial charge on any atom is 0.273 e. The summed E-state index contributed by atoms with van der Waals surface area (Å²) in [5.74, 6) is 0.775. The Hall–Kier alpha value is -3.88. The molecule has 3 aromatic rings. The van der Waals surface area contributed by atoms with Crippen LogP contribution in [0.25, 0.3) is 11.0 Å². The predicted molar refractivity (Wildman–Crippen MR) is 135 cm³/mol. The number of anilines is 1. The normalized spacial score (nSPS) is 15.4. The van der Waals surface area contributed by atoms with Gasteiger partial charge in [-0.15, -0.1) is 0 Å². The van der Waals surface area contributed by atoms with Crippen LogP contribution in [0.2, 0.25) is 0 Å². The molecule has 2 aromatic carbocycles. The summed E-state index contributed by atoms with van der Waals surface area (Å²) < 4.78 is 12.5. The lowest BCUT2D eigenvalue weighted by Gasteiger charge is -2.22. The average Bonchev–Trinajstić information content (AvgIpc) is 2.90. The third-order valence-corrected chi connectivity index (χ3v) is 6.61. The van der Waals surface area contributed by atoms with E-state index in [2.05, 4.69) is 15.6 Å². The average molecular weight is 491 g/mol. The number of nitrogens with zero attached hydrogens (tertiary/aromatic N) is 2. The lowest BCUT2D eigenvalue weighted by Crippen LogP contribution is -2.37. The molecule has 36 heavy (non-hydrogen) atoms. The number of nitrogens with one attached hydrogen (secondary N) is 2. The van der Waals surface area contributed by atoms with E-state index in [0.29, 0.717) is 41.4 Å². The van der Waals surface area contributed by atoms with Gasteiger partial charge in [-0.2, -0.15) is 0 Å². The molecule has 188 valence electrons. The number of carbonyl (C=O) groups excluding carboxylic acids is 2. The van der Waals surface area contributed by atoms with E-state index >= 15 is 0 Å². The fourth-order valence-corrected chi connectivity index (χ4v) is 4.81. The number of hydrogen-bond acceptors (Lipinski definition) is 6. The zero-order valence-corrected chi connectivity index (χ0v) is 20.1. The van der Waals surface area contributed by atoms with Gasteiger partial charge < -0.3 is 20.1 Å². The van der Waals surface area contributed by atoms with E-state index < -0.39 is 0 Å². The second-order valence-corrected chi connectivity index (χ2v) is 9.25. The van der Waals surface area contributed by atoms with Crippen LogP contribution in [-0.4, -0.2) is 40.6 Å². The van der Waals surface area contributed by atoms with Crippen LogP contribution in [-0.2, 0) is 22.6 Å². The fraction of sp³-hybridized carbons (Fsp3) is 0.407. The van der Waals surface area contributed by atoms with Gasteiger partial charge in [-0.1, -0.05) is 31.4 Å². The zero-order valence-electron chi connectivity index (χ0n) is 20.1. The molecule has 0 spiro atoms. The van der Waals surface area contributed by atoms with Gasteiger partial charge in [0.05, 0.1) is 11.0 Å². The van der Waals surface area contributed by atoms with Crippen LogP contribution in [0, 0.1) is 0 Å². The maximum atomic E-state index is 13.3. The number of carbonyl (C=O) groups is 2. The number of rotatable bonds is 7. The second-order valence-electron chi connectivity index (χ2n) is 9.25. The maximum absolute atomic E-state index is 13.3. The van der Waals surface area contributed by atoms with E-state index in [-0.39, 0.29) is 48.5 Å². The third-order valence-electron chi connectivity index (χ3n) is 6.61. The first-order valence-electron chi connectivity index (χ1n) is 12.5. The molecule has 1 saturated carbocycles. The smallest absolute Gasteiger partial charge is 0.273 e. The van der Waals surface area contributed by atoms with E-state index in [1.807, 2.05) is 6.07 Å². The van der Waals surface area contributed by atoms with Crippen molar-refractivity contribution in [2.24, 2.45) is 0 Å². The van der Waals surface area contributed by atoms with Crippen molar-refractivity contribution < 1.29 is 19.1 Å². The van der Waals surface area contributed by atoms with Gasteiger partial charge in [0.1, 0.15) is 25.5 Å². The van der Waals surface area contributed by atoms with Gasteiger partial charge in [0.15, 0.2) is 11.5 Å². The molecule has 0 atom stereocenters. The molecule has 1 fully saturated rings. The standard InChI is InChI=1S/C27H30N4O5/c32-25(28-18-6-2-1-3-7-18)13-11-21-27(34)31(22-9-5-4-8-20(22)30-21)17-26(33)29-19-10-12-23-24(16-19)36-15-14-35-23/h4-5,8-10,12,16,18H,1-3,6-7,11,13-15,17H2,(H,28,32)(H,29,33). The number of aryl methyl sites for hydroxylation is 1. The molecule has 0 bridgehead atoms. The Morgan fingerprint density at radius 3 is 2.58 bits per heavy atom. The van der Waals surface area contributed by atoms with Crippen molar-refractivity contribution in [3.63, 3.8) is 0 Å². The second kappa shape index (κ2) is 10.8. The lowest BCUT2D eigenvalue weighted by atomic mass is 9.95. The molecular weight excluding hydrogens is 460 g/mol. The molecule has 5 rings (SSSR count). The minimum atomic E-state index is -0.364. The Labute approximate surface area is 208 Å². The molecule has 0 radical (unpaired) electrons. The molecule has 9 nitrogen and oxygen atoms in total. The van der Waals surface area contributed by atoms with Gasteiger partial charge >= 0.3 is 0 Å². The molecule has 2 heterocycles. The molecule has 0 saturated heterocycles. The van der Waals surface area contributed by atoms with Crippen LogP contribution in [0.4, 0.5) is 5.69 Å². The van der Waals surface area contributed by atoms with Crippen molar-refractivity contribution >= 4 is 28.5 Å². The van der Waals surface area contributed by atoms with E-state index in [0.717, 1.165) is 25.7 Å². The highest BCUT2D eigenvalue weighted by atomic mass is 16.6. The van der Waals surface area contributed by atoms with E-state index in [4.69, 9.17) is 9.47 Å². The number of amides is 2. The molecule has 9 heteroatoms. The topological polar surface area (TPSA) is 112 Å². The van der Waals surface area contributed by atoms with Crippen LogP contribution in [0.15, 0.2) is 47.3 Å². The van der Waals surface area contributed by atoms with E-state index in [1.54, 1.807) is 36.4 Å². The summed E-state index contributed by atoms with van der Waals surface area (Å²) in [5, 5.41) is 5.91. The first-order valence-corrected chi connectivity index (χ1v) is 12.5. The Kier molecular flexibility index (Phi) is 7.16. The van der Waals surface area contributed by atoms with Gasteiger partial charge in [0.2, 0.25) is 11.8 Å². The van der Waals surface area contributed by atoms with Gasteiger partial charge in [-0.3, -0.25) is 19.0 Å². The molecule has 1 aliphatic heterocycles. The minimum Gasteiger partial charge on any atom is -0.486 e. The molecule has 1 aliphatic carbocycles. The van der Waals surface area contributed by atoms with Crippen molar-refractivity contribution in [1.82, 2.24) is 14.9 Å². The number of hydrogen-bond donors (Lipinski definition) is 2. The molecular formula is C27H30N4O5. The van der Waals surface area contributed by atoms with Crippen molar-refractivity contribution in [3.8, 4) is 11.5 Å². The molecule has 0 unspecified atom stereocenters. The number of fused-ring (bicyclic) bond motifs is 2. The first-order chi connectivity index (χ1) is 17.6. The van der Waals surface area contributed by atoms with Gasteiger partial charge in [0, 0.05) is 30.6 Å². The molecule has 2 amide bonds. The fourth-order valence-electron chi connectivity index (χ4n) is 4.81. The van der Waals surface area contributed by atoms with Gasteiger partial charge in [-0.25, -0.2) is 4.98 Å². The van der Waals surface area contributed by atoms with Crippen molar-refractivity contribution in [2.45, 2.75) is 57.5 Å². The van der Waals surface area contributed by atoms with Crippen molar-refractivity contribution in [3.05, 3.63) is 58.5 Å². The largest absolute Gasteiger partial charge is 0.486 e. The number of aromatic nitrogens is 2. The summed E-state index contributed by atoms with van der Waals surface area (Å²) in [5.41, 5.74) is 1.63. The number of para-hydroxylation sites is 2. The van der Waals surface area contributed by atoms with Crippen molar-refractivity contribution in [1.29, 1.82) is 0 Å². The quantitative estimate of drug-likeness (QED) is 0.526. The molecule has 2 N–H and O–H groups in total. The van der Waals surface area contributed by atoms with Crippen LogP contribution in [0.5, 0.6) is 11.5 Å². The monoisotopic (exact) mass is 490 g/mol. The first kappa shape index (κ1) is 23.8. The van der Waals surface area contributed by atoms with Crippen LogP contribution < -0.4 is 25.7 Å². The summed E-state index contributed by atoms with van der Waals surface area (Å²) in [4.78, 5) is 43.2. The zero-order chi connectivity index (χ0) is 24.9. The molecule has 2 aliphatic rings. The van der Waals surface area contributed by atoms with Crippen LogP contribution in [0.1, 0.15) is 44.2 Å². The van der Waals surface area contributed by atoms with E-state index in [9.17, 15) is 14.4 Å². The lowest BCUT2D eigenvalue weighted by molar-refractivity contribution is -0.122. The Morgan fingerprint density at radius 2 is 1.75 bits per heavy atom. The number of ether oxygens (including phenoxy) is 2. The van der Waals surface area contributed by atoms with Crippen molar-refractivity contribution in [2.75, 3.05) is 18.5 Å². The molecule has 1 aromatic heterocycles. The van der Waals surface area contributed by atoms with E-state index in [1.165, 1.54) is 11.0 Å². The summed E-state index contributed by atoms with van der Waals surface area (Å²) in [6, 6.07) is 12.6. The van der Waals surface area contributed by atoms with Crippen LogP contribution >= 0.6 is 0 Å². The Morgan fingerprint density at radius 1 is 0.972 bits per heavy atom. The van der Waals surface area contributed by atoms with Gasteiger partial charge in [0.25, 0.3) is 5.56 Å². The summed E-state index contributed by atoms with van der Waals surface area (Å²) in [6.07, 6.45) is 5.89. The van der Waals surface area contributed by atoms with Crippen LogP contribution in [0.3, 0.4) is 0 Å². The number of benzene rings is 2. The Balaban J connectivity index is 1.31. The SMILES string of the molecule is O=C(Cn1c(=O)c(CCC(=O)NC2CCCCC2)nc2ccccc21)Nc1ccc2c(c1)OCCO2. The highest BCUT2D eigenvalue weighted by Gasteiger charge is 2.19. The Bertz CT molecular complexity index is 1330. The highest BCUT2D eigenvalue weighted by Crippen LogP contribution is 2.32. The summed E-state index contributed by atoms with van der Waals surface area (Å²) >= 11 is 0. The highest BCUT2D eigenvalue weighted by molar-refractivity contribution is 5.92. The summed E-state index contributed by atoms with van der Waals surface area (Å²) in [7, 11) is 0. The minimum absolute atomic E-state index is 0.0702. The predicted octanol–water partition coefficient (Wildman–Crippen LogP) is 3.19. The summed E-state index contributed by atoms with van der Waals surface area (Å²) in [6.45, 7) is 0.753.